The highest BCUT2D eigenvalue weighted by Crippen LogP contribution is 2.34. The van der Waals surface area contributed by atoms with E-state index in [1.54, 1.807) is 4.90 Å². The first-order valence-electron chi connectivity index (χ1n) is 9.89. The molecule has 1 N–H and O–H groups in total. The Morgan fingerprint density at radius 1 is 1.16 bits per heavy atom. The van der Waals surface area contributed by atoms with Crippen molar-refractivity contribution in [3.8, 4) is 5.69 Å². The van der Waals surface area contributed by atoms with Gasteiger partial charge in [-0.3, -0.25) is 9.59 Å². The number of rotatable bonds is 4. The minimum atomic E-state index is -4.58. The van der Waals surface area contributed by atoms with E-state index in [1.807, 2.05) is 32.0 Å². The van der Waals surface area contributed by atoms with Crippen molar-refractivity contribution in [3.63, 3.8) is 0 Å². The molecule has 32 heavy (non-hydrogen) atoms. The van der Waals surface area contributed by atoms with Gasteiger partial charge in [-0.05, 0) is 49.2 Å². The second-order valence-corrected chi connectivity index (χ2v) is 7.68. The average Bonchev–Trinajstić information content (AvgIpc) is 3.39. The van der Waals surface area contributed by atoms with Crippen LogP contribution in [0.15, 0.2) is 49.1 Å². The van der Waals surface area contributed by atoms with E-state index in [2.05, 4.69) is 15.4 Å². The first-order chi connectivity index (χ1) is 15.1. The maximum atomic E-state index is 13.2. The molecule has 4 rings (SSSR count). The van der Waals surface area contributed by atoms with E-state index >= 15 is 0 Å². The molecule has 2 heterocycles. The Morgan fingerprint density at radius 3 is 2.62 bits per heavy atom. The van der Waals surface area contributed by atoms with Crippen LogP contribution in [0.25, 0.3) is 5.69 Å². The van der Waals surface area contributed by atoms with Gasteiger partial charge in [-0.1, -0.05) is 12.1 Å². The number of nitrogens with zero attached hydrogens (tertiary/aromatic N) is 4. The molecule has 2 aromatic carbocycles. The van der Waals surface area contributed by atoms with E-state index in [9.17, 15) is 22.8 Å². The zero-order valence-electron chi connectivity index (χ0n) is 17.3. The average molecular weight is 443 g/mol. The van der Waals surface area contributed by atoms with Crippen molar-refractivity contribution in [1.82, 2.24) is 14.8 Å². The number of halogens is 3. The highest BCUT2D eigenvalue weighted by atomic mass is 19.4. The highest BCUT2D eigenvalue weighted by Gasteiger charge is 2.37. The SMILES string of the molecule is Cc1cccc(N2C[C@@H](C(=O)Nc3cc(C(F)(F)F)ccc3-n3cncn3)CC2=O)c1C. The zero-order chi connectivity index (χ0) is 23.0. The minimum Gasteiger partial charge on any atom is -0.324 e. The van der Waals surface area contributed by atoms with E-state index < -0.39 is 23.6 Å². The molecular formula is C22H20F3N5O2. The van der Waals surface area contributed by atoms with Gasteiger partial charge in [-0.2, -0.15) is 18.3 Å². The molecule has 0 unspecified atom stereocenters. The van der Waals surface area contributed by atoms with Crippen LogP contribution in [0, 0.1) is 19.8 Å². The van der Waals surface area contributed by atoms with Gasteiger partial charge in [0.15, 0.2) is 0 Å². The lowest BCUT2D eigenvalue weighted by atomic mass is 10.1. The molecule has 10 heteroatoms. The summed E-state index contributed by atoms with van der Waals surface area (Å²) in [7, 11) is 0. The summed E-state index contributed by atoms with van der Waals surface area (Å²) in [6.07, 6.45) is -2.05. The number of hydrogen-bond acceptors (Lipinski definition) is 4. The fourth-order valence-electron chi connectivity index (χ4n) is 3.72. The number of alkyl halides is 3. The Kier molecular flexibility index (Phi) is 5.45. The largest absolute Gasteiger partial charge is 0.416 e. The van der Waals surface area contributed by atoms with Crippen LogP contribution in [0.1, 0.15) is 23.1 Å². The summed E-state index contributed by atoms with van der Waals surface area (Å²) in [6.45, 7) is 3.98. The Bertz CT molecular complexity index is 1170. The van der Waals surface area contributed by atoms with Crippen molar-refractivity contribution >= 4 is 23.2 Å². The Hall–Kier alpha value is -3.69. The Morgan fingerprint density at radius 2 is 1.94 bits per heavy atom. The van der Waals surface area contributed by atoms with Crippen molar-refractivity contribution in [1.29, 1.82) is 0 Å². The third-order valence-corrected chi connectivity index (χ3v) is 5.61. The van der Waals surface area contributed by atoms with Crippen LogP contribution in [0.2, 0.25) is 0 Å². The van der Waals surface area contributed by atoms with Crippen LogP contribution in [0.4, 0.5) is 24.5 Å². The van der Waals surface area contributed by atoms with Crippen molar-refractivity contribution in [2.24, 2.45) is 5.92 Å². The zero-order valence-corrected chi connectivity index (χ0v) is 17.3. The predicted molar refractivity (Wildman–Crippen MR) is 111 cm³/mol. The van der Waals surface area contributed by atoms with Gasteiger partial charge in [-0.15, -0.1) is 0 Å². The summed E-state index contributed by atoms with van der Waals surface area (Å²) in [4.78, 5) is 30.9. The molecule has 0 bridgehead atoms. The van der Waals surface area contributed by atoms with Crippen LogP contribution in [0.5, 0.6) is 0 Å². The van der Waals surface area contributed by atoms with E-state index in [1.165, 1.54) is 23.4 Å². The van der Waals surface area contributed by atoms with Crippen LogP contribution < -0.4 is 10.2 Å². The molecule has 7 nitrogen and oxygen atoms in total. The summed E-state index contributed by atoms with van der Waals surface area (Å²) < 4.78 is 41.0. The van der Waals surface area contributed by atoms with Gasteiger partial charge in [0, 0.05) is 18.7 Å². The smallest absolute Gasteiger partial charge is 0.324 e. The first kappa shape index (κ1) is 21.5. The van der Waals surface area contributed by atoms with E-state index in [0.717, 1.165) is 28.9 Å². The monoisotopic (exact) mass is 443 g/mol. The lowest BCUT2D eigenvalue weighted by Crippen LogP contribution is -2.29. The normalized spacial score (nSPS) is 16.5. The minimum absolute atomic E-state index is 0.0309. The maximum absolute atomic E-state index is 13.2. The third kappa shape index (κ3) is 4.08. The van der Waals surface area contributed by atoms with Gasteiger partial charge >= 0.3 is 6.18 Å². The number of nitrogens with one attached hydrogen (secondary N) is 1. The Balaban J connectivity index is 1.60. The number of amides is 2. The number of anilines is 2. The topological polar surface area (TPSA) is 80.1 Å². The number of carbonyl (C=O) groups excluding carboxylic acids is 2. The van der Waals surface area contributed by atoms with Crippen molar-refractivity contribution < 1.29 is 22.8 Å². The number of aromatic nitrogens is 3. The summed E-state index contributed by atoms with van der Waals surface area (Å²) in [5.74, 6) is -1.45. The molecule has 3 aromatic rings. The summed E-state index contributed by atoms with van der Waals surface area (Å²) in [6, 6.07) is 8.57. The lowest BCUT2D eigenvalue weighted by molar-refractivity contribution is -0.137. The van der Waals surface area contributed by atoms with Crippen LogP contribution in [0.3, 0.4) is 0 Å². The van der Waals surface area contributed by atoms with Crippen LogP contribution >= 0.6 is 0 Å². The molecule has 0 saturated carbocycles. The van der Waals surface area contributed by atoms with Crippen molar-refractivity contribution in [2.75, 3.05) is 16.8 Å². The fourth-order valence-corrected chi connectivity index (χ4v) is 3.72. The molecule has 1 aromatic heterocycles. The lowest BCUT2D eigenvalue weighted by Gasteiger charge is -2.20. The molecule has 166 valence electrons. The van der Waals surface area contributed by atoms with Crippen LogP contribution in [-0.2, 0) is 15.8 Å². The number of hydrogen-bond donors (Lipinski definition) is 1. The number of carbonyl (C=O) groups is 2. The van der Waals surface area contributed by atoms with Gasteiger partial charge in [0.1, 0.15) is 12.7 Å². The highest BCUT2D eigenvalue weighted by molar-refractivity contribution is 6.04. The molecule has 0 spiro atoms. The quantitative estimate of drug-likeness (QED) is 0.664. The molecule has 1 atom stereocenters. The predicted octanol–water partition coefficient (Wildman–Crippen LogP) is 3.89. The van der Waals surface area contributed by atoms with Gasteiger partial charge < -0.3 is 10.2 Å². The van der Waals surface area contributed by atoms with Crippen LogP contribution in [-0.4, -0.2) is 33.1 Å². The van der Waals surface area contributed by atoms with Crippen molar-refractivity contribution in [3.05, 3.63) is 65.7 Å². The van der Waals surface area contributed by atoms with Gasteiger partial charge in [0.2, 0.25) is 11.8 Å². The third-order valence-electron chi connectivity index (χ3n) is 5.61. The molecule has 1 saturated heterocycles. The van der Waals surface area contributed by atoms with Gasteiger partial charge in [0.05, 0.1) is 22.9 Å². The molecule has 1 aliphatic heterocycles. The van der Waals surface area contributed by atoms with Crippen molar-refractivity contribution in [2.45, 2.75) is 26.4 Å². The second-order valence-electron chi connectivity index (χ2n) is 7.68. The fraction of sp³-hybridized carbons (Fsp3) is 0.273. The number of benzene rings is 2. The summed E-state index contributed by atoms with van der Waals surface area (Å²) >= 11 is 0. The van der Waals surface area contributed by atoms with Gasteiger partial charge in [-0.25, -0.2) is 9.67 Å². The molecule has 2 amide bonds. The Labute approximate surface area is 181 Å². The van der Waals surface area contributed by atoms with E-state index in [0.29, 0.717) is 0 Å². The maximum Gasteiger partial charge on any atom is 0.416 e. The summed E-state index contributed by atoms with van der Waals surface area (Å²) in [5.41, 5.74) is 1.95. The van der Waals surface area contributed by atoms with Gasteiger partial charge in [0.25, 0.3) is 0 Å². The molecular weight excluding hydrogens is 423 g/mol. The first-order valence-corrected chi connectivity index (χ1v) is 9.89. The number of aryl methyl sites for hydroxylation is 1. The molecule has 1 aliphatic rings. The second kappa shape index (κ2) is 8.10. The summed E-state index contributed by atoms with van der Waals surface area (Å²) in [5, 5.41) is 6.50. The standard InChI is InChI=1S/C22H20F3N5O2/c1-13-4-3-5-18(14(13)2)29-10-15(8-20(29)31)21(32)28-17-9-16(22(23,24)25)6-7-19(17)30-12-26-11-27-30/h3-7,9,11-12,15H,8,10H2,1-2H3,(H,28,32)/t15-/m0/s1. The molecule has 0 aliphatic carbocycles. The van der Waals surface area contributed by atoms with E-state index in [4.69, 9.17) is 0 Å². The molecule has 1 fully saturated rings. The van der Waals surface area contributed by atoms with E-state index in [-0.39, 0.29) is 30.2 Å². The molecule has 0 radical (unpaired) electrons.